The Kier molecular flexibility index (Phi) is 4.65. The van der Waals surface area contributed by atoms with Crippen molar-refractivity contribution < 1.29 is 4.42 Å². The smallest absolute Gasteiger partial charge is 0.140 e. The van der Waals surface area contributed by atoms with E-state index >= 15 is 0 Å². The number of benzene rings is 1. The van der Waals surface area contributed by atoms with Gasteiger partial charge in [0.1, 0.15) is 11.8 Å². The van der Waals surface area contributed by atoms with Gasteiger partial charge in [0.15, 0.2) is 0 Å². The van der Waals surface area contributed by atoms with Gasteiger partial charge >= 0.3 is 0 Å². The summed E-state index contributed by atoms with van der Waals surface area (Å²) in [4.78, 5) is 0. The van der Waals surface area contributed by atoms with Crippen LogP contribution in [0.2, 0.25) is 0 Å². The summed E-state index contributed by atoms with van der Waals surface area (Å²) in [6, 6.07) is 7.74. The number of furan rings is 1. The molecule has 2 aromatic rings. The third-order valence-electron chi connectivity index (χ3n) is 2.34. The Hall–Kier alpha value is 0.110. The van der Waals surface area contributed by atoms with Crippen molar-refractivity contribution >= 4 is 54.5 Å². The summed E-state index contributed by atoms with van der Waals surface area (Å²) in [5.41, 5.74) is 3.81. The largest absolute Gasteiger partial charge is 0.466 e. The second-order valence-corrected chi connectivity index (χ2v) is 6.35. The zero-order valence-corrected chi connectivity index (χ0v) is 13.9. The Bertz CT molecular complexity index is 530. The van der Waals surface area contributed by atoms with Gasteiger partial charge in [-0.3, -0.25) is 5.84 Å². The Morgan fingerprint density at radius 2 is 2.00 bits per heavy atom. The Morgan fingerprint density at radius 1 is 1.24 bits per heavy atom. The fraction of sp³-hybridized carbons (Fsp3) is 0.0909. The van der Waals surface area contributed by atoms with Crippen molar-refractivity contribution in [2.45, 2.75) is 6.04 Å². The first-order valence-corrected chi connectivity index (χ1v) is 7.44. The maximum absolute atomic E-state index is 5.63. The molecule has 0 bridgehead atoms. The molecule has 0 radical (unpaired) electrons. The van der Waals surface area contributed by atoms with E-state index in [1.165, 1.54) is 0 Å². The van der Waals surface area contributed by atoms with Gasteiger partial charge in [0.05, 0.1) is 10.7 Å². The molecule has 0 spiro atoms. The standard InChI is InChI=1S/C11H9Br2IN2O/c12-8-2-1-6(14)5-7(8)10(16-15)11-9(13)3-4-17-11/h1-5,10,16H,15H2. The van der Waals surface area contributed by atoms with Crippen molar-refractivity contribution in [3.8, 4) is 0 Å². The van der Waals surface area contributed by atoms with Crippen molar-refractivity contribution in [3.63, 3.8) is 0 Å². The molecule has 0 saturated carbocycles. The lowest BCUT2D eigenvalue weighted by atomic mass is 10.1. The highest BCUT2D eigenvalue weighted by Crippen LogP contribution is 2.33. The van der Waals surface area contributed by atoms with Gasteiger partial charge in [-0.1, -0.05) is 15.9 Å². The van der Waals surface area contributed by atoms with Crippen LogP contribution in [0, 0.1) is 3.57 Å². The van der Waals surface area contributed by atoms with Crippen molar-refractivity contribution in [2.24, 2.45) is 5.84 Å². The highest BCUT2D eigenvalue weighted by molar-refractivity contribution is 14.1. The van der Waals surface area contributed by atoms with E-state index in [0.717, 1.165) is 23.8 Å². The molecule has 0 amide bonds. The number of hydrogen-bond acceptors (Lipinski definition) is 3. The van der Waals surface area contributed by atoms with E-state index in [2.05, 4.69) is 65.9 Å². The molecule has 0 saturated heterocycles. The van der Waals surface area contributed by atoms with Crippen LogP contribution in [-0.4, -0.2) is 0 Å². The molecular formula is C11H9Br2IN2O. The first-order valence-electron chi connectivity index (χ1n) is 4.77. The van der Waals surface area contributed by atoms with Crippen LogP contribution in [0.3, 0.4) is 0 Å². The van der Waals surface area contributed by atoms with Crippen molar-refractivity contribution in [3.05, 3.63) is 54.4 Å². The summed E-state index contributed by atoms with van der Waals surface area (Å²) in [5.74, 6) is 6.39. The van der Waals surface area contributed by atoms with Crippen molar-refractivity contribution in [1.82, 2.24) is 5.43 Å². The summed E-state index contributed by atoms with van der Waals surface area (Å²) >= 11 is 9.23. The molecule has 1 unspecified atom stereocenters. The highest BCUT2D eigenvalue weighted by atomic mass is 127. The van der Waals surface area contributed by atoms with Crippen molar-refractivity contribution in [2.75, 3.05) is 0 Å². The van der Waals surface area contributed by atoms with E-state index in [1.54, 1.807) is 6.26 Å². The lowest BCUT2D eigenvalue weighted by Gasteiger charge is -2.16. The molecule has 2 rings (SSSR count). The lowest BCUT2D eigenvalue weighted by Crippen LogP contribution is -2.29. The number of hydrogen-bond donors (Lipinski definition) is 2. The molecule has 90 valence electrons. The van der Waals surface area contributed by atoms with E-state index in [0.29, 0.717) is 0 Å². The van der Waals surface area contributed by atoms with Gasteiger partial charge in [0.2, 0.25) is 0 Å². The molecule has 0 aliphatic heterocycles. The maximum Gasteiger partial charge on any atom is 0.140 e. The van der Waals surface area contributed by atoms with Gasteiger partial charge in [0, 0.05) is 8.04 Å². The fourth-order valence-corrected chi connectivity index (χ4v) is 2.98. The molecule has 3 nitrogen and oxygen atoms in total. The topological polar surface area (TPSA) is 51.2 Å². The highest BCUT2D eigenvalue weighted by Gasteiger charge is 2.21. The van der Waals surface area contributed by atoms with Gasteiger partial charge in [-0.15, -0.1) is 0 Å². The normalized spacial score (nSPS) is 12.7. The molecule has 17 heavy (non-hydrogen) atoms. The molecule has 1 atom stereocenters. The molecular weight excluding hydrogens is 463 g/mol. The molecule has 1 aromatic carbocycles. The molecule has 0 aliphatic carbocycles. The average Bonchev–Trinajstić information content (AvgIpc) is 2.71. The molecule has 0 aliphatic rings. The Morgan fingerprint density at radius 3 is 2.59 bits per heavy atom. The van der Waals surface area contributed by atoms with Crippen LogP contribution in [0.5, 0.6) is 0 Å². The second kappa shape index (κ2) is 5.83. The van der Waals surface area contributed by atoms with Crippen LogP contribution in [0.1, 0.15) is 17.4 Å². The number of halogens is 3. The van der Waals surface area contributed by atoms with Crippen LogP contribution < -0.4 is 11.3 Å². The Balaban J connectivity index is 2.49. The van der Waals surface area contributed by atoms with Crippen LogP contribution in [0.4, 0.5) is 0 Å². The SMILES string of the molecule is NNC(c1cc(I)ccc1Br)c1occc1Br. The fourth-order valence-electron chi connectivity index (χ4n) is 1.55. The zero-order valence-electron chi connectivity index (χ0n) is 8.58. The summed E-state index contributed by atoms with van der Waals surface area (Å²) < 4.78 is 8.48. The number of hydrazine groups is 1. The summed E-state index contributed by atoms with van der Waals surface area (Å²) in [5, 5.41) is 0. The van der Waals surface area contributed by atoms with Crippen LogP contribution in [0.15, 0.2) is 43.9 Å². The number of nitrogens with one attached hydrogen (secondary N) is 1. The van der Waals surface area contributed by atoms with Gasteiger partial charge in [-0.05, 0) is 68.3 Å². The first-order chi connectivity index (χ1) is 8.13. The summed E-state index contributed by atoms with van der Waals surface area (Å²) in [6.07, 6.45) is 1.63. The predicted octanol–water partition coefficient (Wildman–Crippen LogP) is 3.96. The van der Waals surface area contributed by atoms with E-state index in [9.17, 15) is 0 Å². The molecule has 3 N–H and O–H groups in total. The van der Waals surface area contributed by atoms with Crippen molar-refractivity contribution in [1.29, 1.82) is 0 Å². The maximum atomic E-state index is 5.63. The number of nitrogens with two attached hydrogens (primary N) is 1. The zero-order chi connectivity index (χ0) is 12.4. The van der Waals surface area contributed by atoms with Gasteiger partial charge in [-0.25, -0.2) is 5.43 Å². The molecule has 1 aromatic heterocycles. The van der Waals surface area contributed by atoms with Crippen LogP contribution in [0.25, 0.3) is 0 Å². The minimum Gasteiger partial charge on any atom is -0.466 e. The van der Waals surface area contributed by atoms with E-state index in [-0.39, 0.29) is 6.04 Å². The third-order valence-corrected chi connectivity index (χ3v) is 4.39. The second-order valence-electron chi connectivity index (χ2n) is 3.40. The quantitative estimate of drug-likeness (QED) is 0.405. The molecule has 1 heterocycles. The minimum atomic E-state index is -0.191. The van der Waals surface area contributed by atoms with Gasteiger partial charge < -0.3 is 4.42 Å². The van der Waals surface area contributed by atoms with Gasteiger partial charge in [0.25, 0.3) is 0 Å². The van der Waals surface area contributed by atoms with E-state index < -0.39 is 0 Å². The van der Waals surface area contributed by atoms with E-state index in [4.69, 9.17) is 10.3 Å². The monoisotopic (exact) mass is 470 g/mol. The lowest BCUT2D eigenvalue weighted by molar-refractivity contribution is 0.449. The van der Waals surface area contributed by atoms with Crippen LogP contribution in [-0.2, 0) is 0 Å². The summed E-state index contributed by atoms with van der Waals surface area (Å²) in [7, 11) is 0. The minimum absolute atomic E-state index is 0.191. The summed E-state index contributed by atoms with van der Waals surface area (Å²) in [6.45, 7) is 0. The number of rotatable bonds is 3. The first kappa shape index (κ1) is 13.5. The molecule has 6 heteroatoms. The Labute approximate surface area is 130 Å². The van der Waals surface area contributed by atoms with E-state index in [1.807, 2.05) is 18.2 Å². The average molecular weight is 472 g/mol. The third kappa shape index (κ3) is 2.93. The predicted molar refractivity (Wildman–Crippen MR) is 82.4 cm³/mol. The van der Waals surface area contributed by atoms with Crippen LogP contribution >= 0.6 is 54.5 Å². The van der Waals surface area contributed by atoms with Gasteiger partial charge in [-0.2, -0.15) is 0 Å². The molecule has 0 fully saturated rings.